The molecule has 0 spiro atoms. The van der Waals surface area contributed by atoms with Gasteiger partial charge in [0.05, 0.1) is 17.6 Å². The number of hydrogen-bond acceptors (Lipinski definition) is 2. The first kappa shape index (κ1) is 18.3. The van der Waals surface area contributed by atoms with Crippen LogP contribution in [0.5, 0.6) is 0 Å². The van der Waals surface area contributed by atoms with Crippen LogP contribution in [0.1, 0.15) is 38.4 Å². The Kier molecular flexibility index (Phi) is 6.97. The van der Waals surface area contributed by atoms with E-state index in [0.29, 0.717) is 6.73 Å². The summed E-state index contributed by atoms with van der Waals surface area (Å²) < 4.78 is 8.24. The summed E-state index contributed by atoms with van der Waals surface area (Å²) in [7, 11) is -0.488. The zero-order chi connectivity index (χ0) is 16.7. The van der Waals surface area contributed by atoms with Crippen molar-refractivity contribution in [2.24, 2.45) is 0 Å². The molecule has 3 nitrogen and oxygen atoms in total. The lowest BCUT2D eigenvalue weighted by Gasteiger charge is -2.24. The Balaban J connectivity index is 2.02. The van der Waals surface area contributed by atoms with Crippen molar-refractivity contribution in [3.05, 3.63) is 30.1 Å². The summed E-state index contributed by atoms with van der Waals surface area (Å²) >= 11 is 0. The second-order valence-corrected chi connectivity index (χ2v) is 11.7. The molecule has 0 bridgehead atoms. The van der Waals surface area contributed by atoms with Crippen molar-refractivity contribution in [1.29, 1.82) is 0 Å². The van der Waals surface area contributed by atoms with E-state index in [-0.39, 0.29) is 0 Å². The molecule has 1 heterocycles. The number of imidazole rings is 1. The van der Waals surface area contributed by atoms with Gasteiger partial charge < -0.3 is 9.30 Å². The van der Waals surface area contributed by atoms with E-state index in [4.69, 9.17) is 9.72 Å². The highest BCUT2D eigenvalue weighted by molar-refractivity contribution is 8.32. The van der Waals surface area contributed by atoms with Crippen molar-refractivity contribution in [3.63, 3.8) is 0 Å². The van der Waals surface area contributed by atoms with Gasteiger partial charge in [0.15, 0.2) is 0 Å². The van der Waals surface area contributed by atoms with Crippen LogP contribution < -0.4 is 0 Å². The van der Waals surface area contributed by atoms with Crippen LogP contribution in [0.3, 0.4) is 0 Å². The van der Waals surface area contributed by atoms with Crippen LogP contribution in [0.15, 0.2) is 24.3 Å². The van der Waals surface area contributed by atoms with Gasteiger partial charge in [-0.05, 0) is 37.3 Å². The Morgan fingerprint density at radius 3 is 2.61 bits per heavy atom. The Morgan fingerprint density at radius 2 is 1.87 bits per heavy atom. The van der Waals surface area contributed by atoms with Crippen molar-refractivity contribution < 1.29 is 4.74 Å². The van der Waals surface area contributed by atoms with Crippen LogP contribution in [-0.4, -0.2) is 40.7 Å². The molecule has 0 unspecified atom stereocenters. The van der Waals surface area contributed by atoms with Crippen LogP contribution >= 0.6 is 10.0 Å². The molecule has 0 aliphatic rings. The molecule has 23 heavy (non-hydrogen) atoms. The highest BCUT2D eigenvalue weighted by atomic mass is 32.3. The fourth-order valence-electron chi connectivity index (χ4n) is 2.63. The summed E-state index contributed by atoms with van der Waals surface area (Å²) in [5.41, 5.74) is 2.28. The monoisotopic (exact) mass is 336 g/mol. The second-order valence-electron chi connectivity index (χ2n) is 7.09. The number of unbranched alkanes of at least 4 members (excludes halogenated alkanes) is 3. The molecule has 0 saturated carbocycles. The average molecular weight is 337 g/mol. The lowest BCUT2D eigenvalue weighted by atomic mass is 10.1. The average Bonchev–Trinajstić information content (AvgIpc) is 2.85. The number of hydrogen-bond donors (Lipinski definition) is 0. The van der Waals surface area contributed by atoms with E-state index < -0.39 is 10.0 Å². The molecule has 1 aromatic carbocycles. The molecule has 130 valence electrons. The van der Waals surface area contributed by atoms with Gasteiger partial charge in [-0.3, -0.25) is 0 Å². The first-order valence-electron chi connectivity index (χ1n) is 8.69. The molecule has 2 rings (SSSR count). The van der Waals surface area contributed by atoms with Crippen molar-refractivity contribution in [1.82, 2.24) is 9.55 Å². The molecular weight excluding hydrogens is 304 g/mol. The number of rotatable bonds is 10. The third-order valence-electron chi connectivity index (χ3n) is 4.05. The number of benzene rings is 1. The lowest BCUT2D eigenvalue weighted by molar-refractivity contribution is 0.0903. The minimum atomic E-state index is -0.488. The van der Waals surface area contributed by atoms with E-state index in [9.17, 15) is 0 Å². The Morgan fingerprint density at radius 1 is 1.09 bits per heavy atom. The maximum Gasteiger partial charge on any atom is 0.124 e. The lowest BCUT2D eigenvalue weighted by Crippen LogP contribution is -2.12. The minimum absolute atomic E-state index is 0.488. The van der Waals surface area contributed by atoms with Gasteiger partial charge in [0.1, 0.15) is 12.6 Å². The molecule has 0 fully saturated rings. The number of aryl methyl sites for hydroxylation is 1. The SMILES string of the molecule is CCCCCCc1nc2ccccc2n1COCCS(C)(C)C. The molecule has 0 radical (unpaired) electrons. The summed E-state index contributed by atoms with van der Waals surface area (Å²) in [5, 5.41) is 0. The zero-order valence-corrected chi connectivity index (χ0v) is 16.0. The highest BCUT2D eigenvalue weighted by Gasteiger charge is 2.10. The molecule has 1 aromatic heterocycles. The predicted octanol–water partition coefficient (Wildman–Crippen LogP) is 4.83. The summed E-state index contributed by atoms with van der Waals surface area (Å²) in [6.45, 7) is 3.71. The van der Waals surface area contributed by atoms with Gasteiger partial charge in [-0.2, -0.15) is 0 Å². The fourth-order valence-corrected chi connectivity index (χ4v) is 3.25. The fraction of sp³-hybridized carbons (Fsp3) is 0.632. The van der Waals surface area contributed by atoms with Crippen LogP contribution in [0.25, 0.3) is 11.0 Å². The molecule has 0 aliphatic carbocycles. The number of aromatic nitrogens is 2. The van der Waals surface area contributed by atoms with Crippen LogP contribution in [0.4, 0.5) is 0 Å². The summed E-state index contributed by atoms with van der Waals surface area (Å²) in [6.07, 6.45) is 13.1. The minimum Gasteiger partial charge on any atom is -0.360 e. The van der Waals surface area contributed by atoms with Crippen LogP contribution in [0.2, 0.25) is 0 Å². The van der Waals surface area contributed by atoms with Crippen LogP contribution in [0, 0.1) is 0 Å². The standard InChI is InChI=1S/C19H32N2OS/c1-5-6-7-8-13-19-20-17-11-9-10-12-18(17)21(19)16-22-14-15-23(2,3)4/h9-12H,5-8,13-16H2,1-4H3. The third kappa shape index (κ3) is 5.85. The second kappa shape index (κ2) is 8.74. The summed E-state index contributed by atoms with van der Waals surface area (Å²) in [4.78, 5) is 4.83. The van der Waals surface area contributed by atoms with E-state index >= 15 is 0 Å². The highest BCUT2D eigenvalue weighted by Crippen LogP contribution is 2.33. The maximum absolute atomic E-state index is 5.97. The quantitative estimate of drug-likeness (QED) is 0.581. The van der Waals surface area contributed by atoms with Gasteiger partial charge in [0, 0.05) is 12.2 Å². The summed E-state index contributed by atoms with van der Waals surface area (Å²) in [6, 6.07) is 8.39. The van der Waals surface area contributed by atoms with E-state index in [1.165, 1.54) is 37.0 Å². The predicted molar refractivity (Wildman–Crippen MR) is 104 cm³/mol. The topological polar surface area (TPSA) is 27.1 Å². The number of nitrogens with zero attached hydrogens (tertiary/aromatic N) is 2. The molecule has 4 heteroatoms. The molecular formula is C19H32N2OS. The van der Waals surface area contributed by atoms with Gasteiger partial charge in [-0.15, -0.1) is 0 Å². The Hall–Kier alpha value is -1.00. The smallest absolute Gasteiger partial charge is 0.124 e. The first-order valence-corrected chi connectivity index (χ1v) is 11.7. The molecule has 0 aliphatic heterocycles. The summed E-state index contributed by atoms with van der Waals surface area (Å²) in [5.74, 6) is 2.33. The molecule has 0 amide bonds. The Bertz CT molecular complexity index is 601. The molecule has 2 aromatic rings. The molecule has 0 atom stereocenters. The molecule has 0 N–H and O–H groups in total. The van der Waals surface area contributed by atoms with E-state index in [2.05, 4.69) is 54.5 Å². The van der Waals surface area contributed by atoms with Gasteiger partial charge in [-0.25, -0.2) is 15.0 Å². The Labute approximate surface area is 142 Å². The first-order chi connectivity index (χ1) is 11.0. The van der Waals surface area contributed by atoms with E-state index in [1.807, 2.05) is 0 Å². The number of para-hydroxylation sites is 2. The van der Waals surface area contributed by atoms with Crippen molar-refractivity contribution in [2.75, 3.05) is 31.1 Å². The van der Waals surface area contributed by atoms with Gasteiger partial charge >= 0.3 is 0 Å². The van der Waals surface area contributed by atoms with Gasteiger partial charge in [0.25, 0.3) is 0 Å². The largest absolute Gasteiger partial charge is 0.360 e. The third-order valence-corrected chi connectivity index (χ3v) is 5.44. The van der Waals surface area contributed by atoms with Crippen LogP contribution in [-0.2, 0) is 17.9 Å². The van der Waals surface area contributed by atoms with Crippen molar-refractivity contribution in [2.45, 2.75) is 45.8 Å². The zero-order valence-electron chi connectivity index (χ0n) is 15.2. The molecule has 0 saturated heterocycles. The number of fused-ring (bicyclic) bond motifs is 1. The number of ether oxygens (including phenoxy) is 1. The van der Waals surface area contributed by atoms with E-state index in [1.54, 1.807) is 0 Å². The van der Waals surface area contributed by atoms with Gasteiger partial charge in [-0.1, -0.05) is 38.3 Å². The van der Waals surface area contributed by atoms with Gasteiger partial charge in [0.2, 0.25) is 0 Å². The van der Waals surface area contributed by atoms with Crippen molar-refractivity contribution in [3.8, 4) is 0 Å². The van der Waals surface area contributed by atoms with Crippen molar-refractivity contribution >= 4 is 21.1 Å². The van der Waals surface area contributed by atoms with E-state index in [0.717, 1.165) is 24.3 Å². The maximum atomic E-state index is 5.97. The normalized spacial score (nSPS) is 12.9.